The maximum atomic E-state index is 13.3. The molecule has 0 bridgehead atoms. The third-order valence-corrected chi connectivity index (χ3v) is 3.71. The predicted molar refractivity (Wildman–Crippen MR) is 89.2 cm³/mol. The number of pyridine rings is 2. The Morgan fingerprint density at radius 2 is 1.92 bits per heavy atom. The number of fused-ring (bicyclic) bond motifs is 1. The average molecular weight is 368 g/mol. The van der Waals surface area contributed by atoms with E-state index in [4.69, 9.17) is 0 Å². The molecule has 0 aliphatic heterocycles. The Balaban J connectivity index is 2.00. The van der Waals surface area contributed by atoms with Gasteiger partial charge in [-0.2, -0.15) is 8.78 Å². The van der Waals surface area contributed by atoms with Crippen molar-refractivity contribution in [3.8, 4) is 5.88 Å². The second-order valence-electron chi connectivity index (χ2n) is 5.92. The smallest absolute Gasteiger partial charge is 0.388 e. The maximum absolute atomic E-state index is 13.3. The van der Waals surface area contributed by atoms with E-state index in [-0.39, 0.29) is 11.6 Å². The van der Waals surface area contributed by atoms with Crippen LogP contribution < -0.4 is 10.1 Å². The topological polar surface area (TPSA) is 52.0 Å². The van der Waals surface area contributed by atoms with Crippen molar-refractivity contribution in [1.82, 2.24) is 14.5 Å². The van der Waals surface area contributed by atoms with Crippen LogP contribution in [0.25, 0.3) is 10.9 Å². The lowest BCUT2D eigenvalue weighted by atomic mass is 10.2. The van der Waals surface area contributed by atoms with Gasteiger partial charge in [-0.3, -0.25) is 0 Å². The Morgan fingerprint density at radius 1 is 1.19 bits per heavy atom. The molecule has 5 nitrogen and oxygen atoms in total. The van der Waals surface area contributed by atoms with E-state index in [0.717, 1.165) is 6.92 Å². The van der Waals surface area contributed by atoms with E-state index in [1.165, 1.54) is 23.2 Å². The largest absolute Gasteiger partial charge is 0.415 e. The van der Waals surface area contributed by atoms with Gasteiger partial charge in [-0.05, 0) is 30.7 Å². The molecule has 0 aromatic carbocycles. The van der Waals surface area contributed by atoms with Crippen LogP contribution in [0.15, 0.2) is 36.8 Å². The number of hydrogen-bond acceptors (Lipinski definition) is 4. The first-order valence-electron chi connectivity index (χ1n) is 7.74. The summed E-state index contributed by atoms with van der Waals surface area (Å²) in [6.07, 6.45) is 4.34. The Hall–Kier alpha value is -2.84. The van der Waals surface area contributed by atoms with Crippen LogP contribution in [0, 0.1) is 6.92 Å². The molecule has 1 N–H and O–H groups in total. The molecule has 3 heterocycles. The normalized spacial score (nSPS) is 12.0. The van der Waals surface area contributed by atoms with Crippen LogP contribution >= 0.6 is 0 Å². The molecule has 3 rings (SSSR count). The summed E-state index contributed by atoms with van der Waals surface area (Å²) in [6.45, 7) is -0.968. The number of nitrogens with one attached hydrogen (secondary N) is 1. The minimum Gasteiger partial charge on any atom is -0.415 e. The number of halogens is 4. The molecule has 0 fully saturated rings. The van der Waals surface area contributed by atoms with E-state index in [9.17, 15) is 17.6 Å². The molecule has 3 aromatic rings. The quantitative estimate of drug-likeness (QED) is 0.639. The summed E-state index contributed by atoms with van der Waals surface area (Å²) in [4.78, 5) is 8.00. The Morgan fingerprint density at radius 3 is 2.62 bits per heavy atom. The van der Waals surface area contributed by atoms with Gasteiger partial charge in [0.15, 0.2) is 0 Å². The van der Waals surface area contributed by atoms with Crippen LogP contribution in [0.3, 0.4) is 0 Å². The summed E-state index contributed by atoms with van der Waals surface area (Å²) < 4.78 is 57.7. The van der Waals surface area contributed by atoms with E-state index >= 15 is 0 Å². The van der Waals surface area contributed by atoms with Crippen LogP contribution in [-0.4, -0.2) is 27.1 Å². The number of aryl methyl sites for hydroxylation is 1. The highest BCUT2D eigenvalue weighted by molar-refractivity contribution is 5.92. The van der Waals surface area contributed by atoms with Crippen molar-refractivity contribution in [1.29, 1.82) is 0 Å². The lowest BCUT2D eigenvalue weighted by molar-refractivity contribution is -0.0523. The predicted octanol–water partition coefficient (Wildman–Crippen LogP) is 4.74. The zero-order valence-electron chi connectivity index (χ0n) is 14.0. The molecular weight excluding hydrogens is 352 g/mol. The van der Waals surface area contributed by atoms with Gasteiger partial charge in [-0.1, -0.05) is 0 Å². The van der Waals surface area contributed by atoms with Gasteiger partial charge in [0.25, 0.3) is 5.92 Å². The zero-order valence-corrected chi connectivity index (χ0v) is 14.0. The number of ether oxygens (including phenoxy) is 1. The molecule has 0 amide bonds. The lowest BCUT2D eigenvalue weighted by Gasteiger charge is -2.15. The van der Waals surface area contributed by atoms with Gasteiger partial charge < -0.3 is 14.6 Å². The van der Waals surface area contributed by atoms with Crippen molar-refractivity contribution in [3.05, 3.63) is 42.4 Å². The first-order valence-corrected chi connectivity index (χ1v) is 7.74. The molecule has 138 valence electrons. The van der Waals surface area contributed by atoms with Gasteiger partial charge in [-0.15, -0.1) is 0 Å². The fourth-order valence-electron chi connectivity index (χ4n) is 2.64. The van der Waals surface area contributed by atoms with Crippen molar-refractivity contribution < 1.29 is 22.3 Å². The van der Waals surface area contributed by atoms with E-state index in [2.05, 4.69) is 20.0 Å². The number of alkyl halides is 4. The summed E-state index contributed by atoms with van der Waals surface area (Å²) >= 11 is 0. The molecule has 0 spiro atoms. The third kappa shape index (κ3) is 3.87. The Labute approximate surface area is 146 Å². The van der Waals surface area contributed by atoms with Crippen molar-refractivity contribution in [3.63, 3.8) is 0 Å². The summed E-state index contributed by atoms with van der Waals surface area (Å²) in [5.41, 5.74) is 1.40. The van der Waals surface area contributed by atoms with Crippen molar-refractivity contribution >= 4 is 22.4 Å². The zero-order chi connectivity index (χ0) is 18.9. The van der Waals surface area contributed by atoms with Gasteiger partial charge in [0.1, 0.15) is 11.5 Å². The molecule has 26 heavy (non-hydrogen) atoms. The standard InChI is InChI=1S/C17H16F4N4O/c1-10-3-6-23-15(26-16(18)19)13(10)24-14-11-5-8-25(9-17(2,20)21)12(11)4-7-22-14/h3-8,16H,9H2,1-2H3,(H,22,24). The van der Waals surface area contributed by atoms with E-state index in [1.807, 2.05) is 0 Å². The number of aromatic nitrogens is 3. The van der Waals surface area contributed by atoms with Crippen molar-refractivity contribution in [2.45, 2.75) is 32.9 Å². The lowest BCUT2D eigenvalue weighted by Crippen LogP contribution is -2.18. The van der Waals surface area contributed by atoms with Crippen LogP contribution in [-0.2, 0) is 6.54 Å². The molecular formula is C17H16F4N4O. The molecule has 0 saturated carbocycles. The SMILES string of the molecule is Cc1ccnc(OC(F)F)c1Nc1nccc2c1ccn2CC(C)(F)F. The Kier molecular flexibility index (Phi) is 4.71. The minimum atomic E-state index is -3.03. The monoisotopic (exact) mass is 368 g/mol. The highest BCUT2D eigenvalue weighted by Crippen LogP contribution is 2.33. The van der Waals surface area contributed by atoms with Crippen LogP contribution in [0.1, 0.15) is 12.5 Å². The molecule has 0 unspecified atom stereocenters. The summed E-state index contributed by atoms with van der Waals surface area (Å²) in [6, 6.07) is 4.87. The molecule has 0 atom stereocenters. The molecule has 3 aromatic heterocycles. The number of anilines is 2. The van der Waals surface area contributed by atoms with Crippen LogP contribution in [0.5, 0.6) is 5.88 Å². The summed E-state index contributed by atoms with van der Waals surface area (Å²) in [5.74, 6) is -2.81. The number of hydrogen-bond donors (Lipinski definition) is 1. The molecule has 0 radical (unpaired) electrons. The van der Waals surface area contributed by atoms with E-state index in [1.54, 1.807) is 25.1 Å². The van der Waals surface area contributed by atoms with Gasteiger partial charge in [-0.25, -0.2) is 18.7 Å². The van der Waals surface area contributed by atoms with Crippen molar-refractivity contribution in [2.24, 2.45) is 0 Å². The summed E-state index contributed by atoms with van der Waals surface area (Å²) in [5, 5.41) is 3.50. The summed E-state index contributed by atoms with van der Waals surface area (Å²) in [7, 11) is 0. The molecule has 0 aliphatic rings. The second kappa shape index (κ2) is 6.81. The van der Waals surface area contributed by atoms with Crippen molar-refractivity contribution in [2.75, 3.05) is 5.32 Å². The number of nitrogens with zero attached hydrogens (tertiary/aromatic N) is 3. The second-order valence-corrected chi connectivity index (χ2v) is 5.92. The highest BCUT2D eigenvalue weighted by atomic mass is 19.3. The van der Waals surface area contributed by atoms with Crippen LogP contribution in [0.4, 0.5) is 29.1 Å². The number of rotatable bonds is 6. The third-order valence-electron chi connectivity index (χ3n) is 3.71. The average Bonchev–Trinajstić information content (AvgIpc) is 2.92. The molecule has 0 aliphatic carbocycles. The fraction of sp³-hybridized carbons (Fsp3) is 0.294. The molecule has 0 saturated heterocycles. The first kappa shape index (κ1) is 18.0. The highest BCUT2D eigenvalue weighted by Gasteiger charge is 2.23. The first-order chi connectivity index (χ1) is 12.2. The van der Waals surface area contributed by atoms with Gasteiger partial charge in [0.2, 0.25) is 5.88 Å². The van der Waals surface area contributed by atoms with Gasteiger partial charge >= 0.3 is 6.61 Å². The Bertz CT molecular complexity index is 921. The van der Waals surface area contributed by atoms with Gasteiger partial charge in [0.05, 0.1) is 12.1 Å². The van der Waals surface area contributed by atoms with E-state index in [0.29, 0.717) is 22.3 Å². The molecule has 9 heteroatoms. The fourth-order valence-corrected chi connectivity index (χ4v) is 2.64. The van der Waals surface area contributed by atoms with Crippen LogP contribution in [0.2, 0.25) is 0 Å². The van der Waals surface area contributed by atoms with E-state index < -0.39 is 19.1 Å². The minimum absolute atomic E-state index is 0.237. The van der Waals surface area contributed by atoms with Gasteiger partial charge in [0, 0.05) is 30.9 Å². The maximum Gasteiger partial charge on any atom is 0.388 e.